The van der Waals surface area contributed by atoms with Gasteiger partial charge in [-0.3, -0.25) is 0 Å². The average Bonchev–Trinajstić information content (AvgIpc) is 2.38. The van der Waals surface area contributed by atoms with Crippen LogP contribution in [-0.4, -0.2) is 0 Å². The molecule has 0 saturated heterocycles. The fourth-order valence-corrected chi connectivity index (χ4v) is 2.14. The van der Waals surface area contributed by atoms with E-state index in [1.54, 1.807) is 30.3 Å². The average molecular weight is 314 g/mol. The lowest BCUT2D eigenvalue weighted by Crippen LogP contribution is -2.08. The van der Waals surface area contributed by atoms with E-state index in [0.29, 0.717) is 21.4 Å². The summed E-state index contributed by atoms with van der Waals surface area (Å²) in [5, 5.41) is 0.941. The topological polar surface area (TPSA) is 35.2 Å². The van der Waals surface area contributed by atoms with Gasteiger partial charge in [0, 0.05) is 27.2 Å². The van der Waals surface area contributed by atoms with Gasteiger partial charge in [0.1, 0.15) is 18.2 Å². The van der Waals surface area contributed by atoms with Gasteiger partial charge in [-0.2, -0.15) is 0 Å². The third-order valence-electron chi connectivity index (χ3n) is 2.86. The second-order valence-corrected chi connectivity index (χ2v) is 5.37. The highest BCUT2D eigenvalue weighted by molar-refractivity contribution is 6.30. The standard InChI is InChI=1S/C15H14Cl2FNO/c1-9(19)13-6-11(16)4-5-15(13)20-8-10-2-3-12(17)7-14(10)18/h2-7,9H,8,19H2,1H3/t9-/m1/s1. The van der Waals surface area contributed by atoms with Crippen LogP contribution in [0.4, 0.5) is 4.39 Å². The Kier molecular flexibility index (Phi) is 4.86. The highest BCUT2D eigenvalue weighted by Gasteiger charge is 2.10. The maximum absolute atomic E-state index is 13.7. The van der Waals surface area contributed by atoms with Gasteiger partial charge < -0.3 is 10.5 Å². The first kappa shape index (κ1) is 15.1. The van der Waals surface area contributed by atoms with E-state index < -0.39 is 5.82 Å². The number of ether oxygens (including phenoxy) is 1. The Morgan fingerprint density at radius 1 is 1.15 bits per heavy atom. The minimum absolute atomic E-state index is 0.102. The van der Waals surface area contributed by atoms with Gasteiger partial charge in [0.05, 0.1) is 0 Å². The number of halogens is 3. The van der Waals surface area contributed by atoms with Crippen molar-refractivity contribution in [2.75, 3.05) is 0 Å². The van der Waals surface area contributed by atoms with Gasteiger partial charge in [0.15, 0.2) is 0 Å². The Bertz CT molecular complexity index is 617. The van der Waals surface area contributed by atoms with Crippen molar-refractivity contribution >= 4 is 23.2 Å². The Hall–Kier alpha value is -1.29. The smallest absolute Gasteiger partial charge is 0.131 e. The molecule has 0 aliphatic carbocycles. The van der Waals surface area contributed by atoms with E-state index in [0.717, 1.165) is 5.56 Å². The van der Waals surface area contributed by atoms with Crippen molar-refractivity contribution in [3.63, 3.8) is 0 Å². The van der Waals surface area contributed by atoms with Gasteiger partial charge in [0.2, 0.25) is 0 Å². The summed E-state index contributed by atoms with van der Waals surface area (Å²) in [5.74, 6) is 0.201. The summed E-state index contributed by atoms with van der Waals surface area (Å²) < 4.78 is 19.3. The quantitative estimate of drug-likeness (QED) is 0.885. The van der Waals surface area contributed by atoms with Crippen molar-refractivity contribution in [1.29, 1.82) is 0 Å². The Balaban J connectivity index is 2.18. The van der Waals surface area contributed by atoms with Crippen LogP contribution in [0.15, 0.2) is 36.4 Å². The molecule has 2 rings (SSSR count). The molecule has 0 amide bonds. The SMILES string of the molecule is C[C@@H](N)c1cc(Cl)ccc1OCc1ccc(Cl)cc1F. The molecule has 0 aliphatic rings. The molecule has 5 heteroatoms. The van der Waals surface area contributed by atoms with Crippen molar-refractivity contribution in [2.45, 2.75) is 19.6 Å². The predicted octanol–water partition coefficient (Wildman–Crippen LogP) is 4.73. The molecule has 0 bridgehead atoms. The fraction of sp³-hybridized carbons (Fsp3) is 0.200. The summed E-state index contributed by atoms with van der Waals surface area (Å²) in [5.41, 5.74) is 7.09. The molecular weight excluding hydrogens is 300 g/mol. The molecule has 2 aromatic rings. The number of hydrogen-bond acceptors (Lipinski definition) is 2. The molecule has 0 aromatic heterocycles. The molecule has 0 spiro atoms. The molecule has 0 saturated carbocycles. The molecule has 0 fully saturated rings. The summed E-state index contributed by atoms with van der Waals surface area (Å²) in [4.78, 5) is 0. The van der Waals surface area contributed by atoms with E-state index in [1.807, 2.05) is 6.92 Å². The van der Waals surface area contributed by atoms with Crippen LogP contribution in [-0.2, 0) is 6.61 Å². The highest BCUT2D eigenvalue weighted by Crippen LogP contribution is 2.28. The van der Waals surface area contributed by atoms with Crippen LogP contribution < -0.4 is 10.5 Å². The summed E-state index contributed by atoms with van der Waals surface area (Å²) in [6.07, 6.45) is 0. The summed E-state index contributed by atoms with van der Waals surface area (Å²) in [7, 11) is 0. The monoisotopic (exact) mass is 313 g/mol. The molecule has 2 aromatic carbocycles. The van der Waals surface area contributed by atoms with Crippen LogP contribution in [0.25, 0.3) is 0 Å². The molecule has 0 unspecified atom stereocenters. The molecular formula is C15H14Cl2FNO. The van der Waals surface area contributed by atoms with Crippen molar-refractivity contribution < 1.29 is 9.13 Å². The van der Waals surface area contributed by atoms with E-state index in [-0.39, 0.29) is 12.6 Å². The number of benzene rings is 2. The third-order valence-corrected chi connectivity index (χ3v) is 3.33. The Morgan fingerprint density at radius 3 is 2.45 bits per heavy atom. The first-order valence-electron chi connectivity index (χ1n) is 6.09. The minimum Gasteiger partial charge on any atom is -0.488 e. The lowest BCUT2D eigenvalue weighted by atomic mass is 10.1. The zero-order valence-corrected chi connectivity index (χ0v) is 12.4. The molecule has 2 nitrogen and oxygen atoms in total. The van der Waals surface area contributed by atoms with E-state index in [2.05, 4.69) is 0 Å². The first-order valence-corrected chi connectivity index (χ1v) is 6.84. The maximum atomic E-state index is 13.7. The van der Waals surface area contributed by atoms with Crippen LogP contribution in [0.2, 0.25) is 10.0 Å². The van der Waals surface area contributed by atoms with Crippen molar-refractivity contribution in [3.05, 3.63) is 63.4 Å². The molecule has 0 aliphatic heterocycles. The van der Waals surface area contributed by atoms with Gasteiger partial charge in [0.25, 0.3) is 0 Å². The molecule has 1 atom stereocenters. The largest absolute Gasteiger partial charge is 0.488 e. The van der Waals surface area contributed by atoms with E-state index >= 15 is 0 Å². The molecule has 0 heterocycles. The van der Waals surface area contributed by atoms with Crippen LogP contribution in [0, 0.1) is 5.82 Å². The van der Waals surface area contributed by atoms with Crippen LogP contribution in [0.5, 0.6) is 5.75 Å². The van der Waals surface area contributed by atoms with Gasteiger partial charge in [-0.1, -0.05) is 29.3 Å². The predicted molar refractivity (Wildman–Crippen MR) is 79.8 cm³/mol. The number of nitrogens with two attached hydrogens (primary N) is 1. The molecule has 2 N–H and O–H groups in total. The van der Waals surface area contributed by atoms with Crippen LogP contribution >= 0.6 is 23.2 Å². The fourth-order valence-electron chi connectivity index (χ4n) is 1.80. The summed E-state index contributed by atoms with van der Waals surface area (Å²) >= 11 is 11.6. The van der Waals surface area contributed by atoms with E-state index in [4.69, 9.17) is 33.7 Å². The third kappa shape index (κ3) is 3.63. The maximum Gasteiger partial charge on any atom is 0.131 e. The second kappa shape index (κ2) is 6.44. The number of rotatable bonds is 4. The molecule has 0 radical (unpaired) electrons. The van der Waals surface area contributed by atoms with Gasteiger partial charge in [-0.05, 0) is 37.3 Å². The lowest BCUT2D eigenvalue weighted by molar-refractivity contribution is 0.295. The first-order chi connectivity index (χ1) is 9.47. The van der Waals surface area contributed by atoms with E-state index in [9.17, 15) is 4.39 Å². The van der Waals surface area contributed by atoms with Crippen molar-refractivity contribution in [2.24, 2.45) is 5.73 Å². The zero-order chi connectivity index (χ0) is 14.7. The van der Waals surface area contributed by atoms with Crippen molar-refractivity contribution in [1.82, 2.24) is 0 Å². The minimum atomic E-state index is -0.395. The summed E-state index contributed by atoms with van der Waals surface area (Å²) in [6, 6.07) is 9.44. The molecule has 106 valence electrons. The van der Waals surface area contributed by atoms with E-state index in [1.165, 1.54) is 6.07 Å². The lowest BCUT2D eigenvalue weighted by Gasteiger charge is -2.14. The number of hydrogen-bond donors (Lipinski definition) is 1. The second-order valence-electron chi connectivity index (χ2n) is 4.50. The van der Waals surface area contributed by atoms with Crippen molar-refractivity contribution in [3.8, 4) is 5.75 Å². The van der Waals surface area contributed by atoms with Crippen LogP contribution in [0.1, 0.15) is 24.1 Å². The molecule has 20 heavy (non-hydrogen) atoms. The van der Waals surface area contributed by atoms with Gasteiger partial charge in [-0.25, -0.2) is 4.39 Å². The summed E-state index contributed by atoms with van der Waals surface area (Å²) in [6.45, 7) is 1.94. The van der Waals surface area contributed by atoms with Gasteiger partial charge in [-0.15, -0.1) is 0 Å². The Morgan fingerprint density at radius 2 is 1.80 bits per heavy atom. The highest BCUT2D eigenvalue weighted by atomic mass is 35.5. The van der Waals surface area contributed by atoms with Crippen LogP contribution in [0.3, 0.4) is 0 Å². The Labute approximate surface area is 127 Å². The zero-order valence-electron chi connectivity index (χ0n) is 10.9. The van der Waals surface area contributed by atoms with Gasteiger partial charge >= 0.3 is 0 Å². The normalized spacial score (nSPS) is 12.2.